The van der Waals surface area contributed by atoms with Crippen LogP contribution in [0.15, 0.2) is 28.7 Å². The minimum atomic E-state index is -0.792. The van der Waals surface area contributed by atoms with E-state index in [0.29, 0.717) is 25.4 Å². The molecule has 0 spiro atoms. The van der Waals surface area contributed by atoms with Crippen molar-refractivity contribution < 1.29 is 14.7 Å². The number of amides is 1. The maximum atomic E-state index is 12.4. The van der Waals surface area contributed by atoms with Gasteiger partial charge in [-0.1, -0.05) is 28.1 Å². The molecule has 1 heterocycles. The van der Waals surface area contributed by atoms with Crippen molar-refractivity contribution in [3.05, 3.63) is 34.3 Å². The largest absolute Gasteiger partial charge is 0.481 e. The van der Waals surface area contributed by atoms with Crippen molar-refractivity contribution in [2.45, 2.75) is 18.8 Å². The summed E-state index contributed by atoms with van der Waals surface area (Å²) >= 11 is 3.44. The highest BCUT2D eigenvalue weighted by molar-refractivity contribution is 9.10. The number of hydrogen-bond acceptors (Lipinski definition) is 2. The molecule has 1 aromatic carbocycles. The maximum absolute atomic E-state index is 12.4. The molecule has 20 heavy (non-hydrogen) atoms. The number of carboxylic acids is 1. The highest BCUT2D eigenvalue weighted by Gasteiger charge is 2.47. The summed E-state index contributed by atoms with van der Waals surface area (Å²) in [5, 5.41) is 8.98. The van der Waals surface area contributed by atoms with E-state index in [1.807, 2.05) is 18.2 Å². The third-order valence-electron chi connectivity index (χ3n) is 4.23. The molecule has 1 saturated carbocycles. The Balaban J connectivity index is 1.62. The predicted molar refractivity (Wildman–Crippen MR) is 77.3 cm³/mol. The first kappa shape index (κ1) is 13.6. The maximum Gasteiger partial charge on any atom is 0.308 e. The second kappa shape index (κ2) is 5.20. The average Bonchev–Trinajstić information content (AvgIpc) is 3.06. The first-order valence-electron chi connectivity index (χ1n) is 6.83. The van der Waals surface area contributed by atoms with Gasteiger partial charge in [-0.15, -0.1) is 0 Å². The molecule has 2 aliphatic rings. The molecule has 2 fully saturated rings. The summed E-state index contributed by atoms with van der Waals surface area (Å²) in [5.74, 6) is -0.721. The number of aliphatic carboxylic acids is 1. The fourth-order valence-electron chi connectivity index (χ4n) is 2.97. The lowest BCUT2D eigenvalue weighted by molar-refractivity contribution is -0.141. The van der Waals surface area contributed by atoms with Crippen LogP contribution in [-0.4, -0.2) is 35.0 Å². The van der Waals surface area contributed by atoms with E-state index in [-0.39, 0.29) is 17.7 Å². The molecule has 1 aliphatic carbocycles. The molecule has 1 aliphatic heterocycles. The number of rotatable bonds is 3. The molecule has 3 atom stereocenters. The number of carboxylic acid groups (broad SMARTS) is 1. The van der Waals surface area contributed by atoms with Gasteiger partial charge in [-0.25, -0.2) is 0 Å². The van der Waals surface area contributed by atoms with Gasteiger partial charge in [-0.3, -0.25) is 9.59 Å². The Hall–Kier alpha value is -1.36. The lowest BCUT2D eigenvalue weighted by atomic mass is 10.1. The smallest absolute Gasteiger partial charge is 0.308 e. The van der Waals surface area contributed by atoms with Crippen LogP contribution >= 0.6 is 15.9 Å². The number of likely N-dealkylation sites (tertiary alicyclic amines) is 1. The van der Waals surface area contributed by atoms with Crippen molar-refractivity contribution >= 4 is 27.8 Å². The van der Waals surface area contributed by atoms with Crippen molar-refractivity contribution in [2.75, 3.05) is 13.1 Å². The molecular weight excluding hydrogens is 322 g/mol. The number of nitrogens with zero attached hydrogens (tertiary/aromatic N) is 1. The zero-order chi connectivity index (χ0) is 14.3. The molecule has 0 aromatic heterocycles. The minimum absolute atomic E-state index is 0.0387. The summed E-state index contributed by atoms with van der Waals surface area (Å²) in [6.07, 6.45) is 1.46. The van der Waals surface area contributed by atoms with Crippen LogP contribution in [-0.2, 0) is 9.59 Å². The molecule has 0 unspecified atom stereocenters. The molecule has 106 valence electrons. The molecule has 5 heteroatoms. The molecular formula is C15H16BrNO3. The van der Waals surface area contributed by atoms with Crippen molar-refractivity contribution in [3.63, 3.8) is 0 Å². The van der Waals surface area contributed by atoms with E-state index in [0.717, 1.165) is 10.9 Å². The summed E-state index contributed by atoms with van der Waals surface area (Å²) in [7, 11) is 0. The monoisotopic (exact) mass is 337 g/mol. The quantitative estimate of drug-likeness (QED) is 0.921. The fourth-order valence-corrected chi connectivity index (χ4v) is 3.39. The van der Waals surface area contributed by atoms with Gasteiger partial charge in [0.05, 0.1) is 5.92 Å². The van der Waals surface area contributed by atoms with E-state index in [2.05, 4.69) is 22.0 Å². The van der Waals surface area contributed by atoms with Gasteiger partial charge < -0.3 is 10.0 Å². The first-order valence-corrected chi connectivity index (χ1v) is 7.62. The number of hydrogen-bond donors (Lipinski definition) is 1. The molecule has 0 radical (unpaired) electrons. The number of halogens is 1. The molecule has 3 rings (SSSR count). The summed E-state index contributed by atoms with van der Waals surface area (Å²) in [6, 6.07) is 8.06. The fraction of sp³-hybridized carbons (Fsp3) is 0.467. The van der Waals surface area contributed by atoms with E-state index in [4.69, 9.17) is 5.11 Å². The van der Waals surface area contributed by atoms with Crippen LogP contribution in [0.4, 0.5) is 0 Å². The summed E-state index contributed by atoms with van der Waals surface area (Å²) in [6.45, 7) is 0.952. The predicted octanol–water partition coefficient (Wildman–Crippen LogP) is 2.49. The third-order valence-corrected chi connectivity index (χ3v) is 4.73. The third kappa shape index (κ3) is 2.59. The summed E-state index contributed by atoms with van der Waals surface area (Å²) < 4.78 is 1.03. The second-order valence-electron chi connectivity index (χ2n) is 5.61. The Morgan fingerprint density at radius 1 is 1.35 bits per heavy atom. The van der Waals surface area contributed by atoms with Gasteiger partial charge in [0, 0.05) is 23.5 Å². The average molecular weight is 338 g/mol. The van der Waals surface area contributed by atoms with Crippen LogP contribution in [0.3, 0.4) is 0 Å². The molecule has 0 bridgehead atoms. The van der Waals surface area contributed by atoms with Gasteiger partial charge in [-0.05, 0) is 36.5 Å². The van der Waals surface area contributed by atoms with Crippen LogP contribution in [0, 0.1) is 11.8 Å². The lowest BCUT2D eigenvalue weighted by Gasteiger charge is -2.15. The first-order chi connectivity index (χ1) is 9.56. The van der Waals surface area contributed by atoms with Crippen LogP contribution < -0.4 is 0 Å². The molecule has 1 N–H and O–H groups in total. The number of benzene rings is 1. The Kier molecular flexibility index (Phi) is 3.54. The lowest BCUT2D eigenvalue weighted by Crippen LogP contribution is -2.31. The van der Waals surface area contributed by atoms with Crippen LogP contribution in [0.25, 0.3) is 0 Å². The van der Waals surface area contributed by atoms with Gasteiger partial charge in [0.25, 0.3) is 0 Å². The normalized spacial score (nSPS) is 28.4. The number of carbonyl (C=O) groups excluding carboxylic acids is 1. The van der Waals surface area contributed by atoms with Gasteiger partial charge in [0.1, 0.15) is 0 Å². The van der Waals surface area contributed by atoms with Crippen molar-refractivity contribution in [1.82, 2.24) is 4.90 Å². The highest BCUT2D eigenvalue weighted by atomic mass is 79.9. The van der Waals surface area contributed by atoms with E-state index in [1.165, 1.54) is 5.56 Å². The molecule has 4 nitrogen and oxygen atoms in total. The number of carbonyl (C=O) groups is 2. The topological polar surface area (TPSA) is 57.6 Å². The zero-order valence-corrected chi connectivity index (χ0v) is 12.5. The summed E-state index contributed by atoms with van der Waals surface area (Å²) in [5.41, 5.74) is 1.19. The van der Waals surface area contributed by atoms with Crippen molar-refractivity contribution in [1.29, 1.82) is 0 Å². The van der Waals surface area contributed by atoms with Crippen molar-refractivity contribution in [2.24, 2.45) is 11.8 Å². The van der Waals surface area contributed by atoms with Gasteiger partial charge >= 0.3 is 5.97 Å². The SMILES string of the molecule is O=C(O)[C@@H]1CCN(C(=O)[C@@H]2C[C@@H]2c2cccc(Br)c2)C1. The minimum Gasteiger partial charge on any atom is -0.481 e. The van der Waals surface area contributed by atoms with Crippen LogP contribution in [0.2, 0.25) is 0 Å². The van der Waals surface area contributed by atoms with Gasteiger partial charge in [0.15, 0.2) is 0 Å². The standard InChI is InChI=1S/C15H16BrNO3/c16-11-3-1-2-9(6-11)12-7-13(12)14(18)17-5-4-10(8-17)15(19)20/h1-3,6,10,12-13H,4-5,7-8H2,(H,19,20)/t10-,12-,13-/m1/s1. The van der Waals surface area contributed by atoms with E-state index >= 15 is 0 Å². The van der Waals surface area contributed by atoms with E-state index in [9.17, 15) is 9.59 Å². The second-order valence-corrected chi connectivity index (χ2v) is 6.53. The Morgan fingerprint density at radius 2 is 2.15 bits per heavy atom. The summed E-state index contributed by atoms with van der Waals surface area (Å²) in [4.78, 5) is 25.0. The molecule has 1 aromatic rings. The van der Waals surface area contributed by atoms with Crippen LogP contribution in [0.1, 0.15) is 24.3 Å². The highest BCUT2D eigenvalue weighted by Crippen LogP contribution is 2.49. The zero-order valence-electron chi connectivity index (χ0n) is 11.0. The molecule has 1 amide bonds. The van der Waals surface area contributed by atoms with E-state index < -0.39 is 5.97 Å². The Bertz CT molecular complexity index is 560. The Labute approximate surface area is 125 Å². The van der Waals surface area contributed by atoms with Crippen molar-refractivity contribution in [3.8, 4) is 0 Å². The molecule has 1 saturated heterocycles. The van der Waals surface area contributed by atoms with Crippen LogP contribution in [0.5, 0.6) is 0 Å². The Morgan fingerprint density at radius 3 is 2.80 bits per heavy atom. The van der Waals surface area contributed by atoms with Gasteiger partial charge in [0.2, 0.25) is 5.91 Å². The van der Waals surface area contributed by atoms with Gasteiger partial charge in [-0.2, -0.15) is 0 Å². The van der Waals surface area contributed by atoms with E-state index in [1.54, 1.807) is 4.90 Å².